The lowest BCUT2D eigenvalue weighted by atomic mass is 10.2. The Morgan fingerprint density at radius 3 is 2.42 bits per heavy atom. The highest BCUT2D eigenvalue weighted by Crippen LogP contribution is 2.62. The van der Waals surface area contributed by atoms with Crippen LogP contribution in [-0.2, 0) is 20.2 Å². The van der Waals surface area contributed by atoms with Gasteiger partial charge in [0.25, 0.3) is 0 Å². The van der Waals surface area contributed by atoms with E-state index < -0.39 is 19.2 Å². The Kier molecular flexibility index (Phi) is 8.65. The minimum atomic E-state index is -3.85. The van der Waals surface area contributed by atoms with Crippen molar-refractivity contribution < 1.29 is 22.7 Å². The molecule has 0 saturated carbocycles. The summed E-state index contributed by atoms with van der Waals surface area (Å²) in [7, 11) is -3.85. The summed E-state index contributed by atoms with van der Waals surface area (Å²) in [4.78, 5) is 9.27. The van der Waals surface area contributed by atoms with Crippen molar-refractivity contribution in [1.82, 2.24) is 29.4 Å². The van der Waals surface area contributed by atoms with Gasteiger partial charge in [0.05, 0.1) is 23.6 Å². The van der Waals surface area contributed by atoms with Crippen LogP contribution in [0.2, 0.25) is 10.0 Å². The van der Waals surface area contributed by atoms with Gasteiger partial charge in [0.1, 0.15) is 29.5 Å². The van der Waals surface area contributed by atoms with Crippen LogP contribution < -0.4 is 4.74 Å². The summed E-state index contributed by atoms with van der Waals surface area (Å²) >= 11 is 13.6. The van der Waals surface area contributed by atoms with Crippen molar-refractivity contribution in [3.05, 3.63) is 76.0 Å². The number of hydrogen-bond donors (Lipinski definition) is 0. The fourth-order valence-corrected chi connectivity index (χ4v) is 7.26. The van der Waals surface area contributed by atoms with Crippen LogP contribution in [0.25, 0.3) is 16.7 Å². The smallest absolute Gasteiger partial charge is 0.359 e. The second kappa shape index (κ2) is 12.0. The Balaban J connectivity index is 1.63. The Morgan fingerprint density at radius 2 is 1.77 bits per heavy atom. The van der Waals surface area contributed by atoms with E-state index in [4.69, 9.17) is 42.1 Å². The number of thioether (sulfide) groups is 1. The molecule has 0 spiro atoms. The zero-order valence-corrected chi connectivity index (χ0v) is 24.8. The van der Waals surface area contributed by atoms with Crippen molar-refractivity contribution in [3.8, 4) is 5.75 Å². The second-order valence-electron chi connectivity index (χ2n) is 8.36. The number of hydrogen-bond acceptors (Lipinski definition) is 9. The Morgan fingerprint density at radius 1 is 1.05 bits per heavy atom. The zero-order chi connectivity index (χ0) is 28.4. The third-order valence-electron chi connectivity index (χ3n) is 5.80. The molecule has 5 rings (SSSR count). The van der Waals surface area contributed by atoms with Gasteiger partial charge in [-0.15, -0.1) is 16.9 Å². The normalized spacial score (nSPS) is 12.8. The van der Waals surface area contributed by atoms with Crippen LogP contribution in [0.15, 0.2) is 53.8 Å². The molecule has 10 nitrogen and oxygen atoms in total. The number of aromatic nitrogens is 6. The van der Waals surface area contributed by atoms with Crippen molar-refractivity contribution in [1.29, 1.82) is 0 Å². The van der Waals surface area contributed by atoms with Crippen LogP contribution in [-0.4, -0.2) is 48.8 Å². The first-order chi connectivity index (χ1) is 19.3. The molecule has 0 amide bonds. The molecule has 0 aliphatic heterocycles. The Labute approximate surface area is 243 Å². The predicted molar refractivity (Wildman–Crippen MR) is 152 cm³/mol. The fraction of sp³-hybridized carbons (Fsp3) is 0.280. The molecule has 210 valence electrons. The van der Waals surface area contributed by atoms with Gasteiger partial charge in [-0.2, -0.15) is 5.10 Å². The van der Waals surface area contributed by atoms with Gasteiger partial charge in [0.15, 0.2) is 22.9 Å². The van der Waals surface area contributed by atoms with E-state index >= 15 is 0 Å². The molecule has 0 aliphatic carbocycles. The molecule has 3 aromatic heterocycles. The van der Waals surface area contributed by atoms with Crippen molar-refractivity contribution in [2.24, 2.45) is 0 Å². The van der Waals surface area contributed by atoms with Crippen molar-refractivity contribution in [2.45, 2.75) is 31.3 Å². The average Bonchev–Trinajstić information content (AvgIpc) is 3.51. The van der Waals surface area contributed by atoms with E-state index in [1.165, 1.54) is 51.6 Å². The van der Waals surface area contributed by atoms with Crippen LogP contribution in [0.5, 0.6) is 5.75 Å². The molecule has 2 aromatic carbocycles. The minimum absolute atomic E-state index is 0.0371. The molecule has 1 atom stereocenters. The monoisotopic (exact) mass is 624 g/mol. The molecule has 0 radical (unpaired) electrons. The standard InChI is InChI=1S/C25H24Cl2FN6O4PS/c1-4-37-39(35,38-5-2)25(15-6-9-17(28)10-7-15)34-22-21(24(32-34)40-3)23-30-20(31-33(23)14-29-22)13-36-19-11-8-16(26)12-18(19)27/h6-12,14,25H,4-5,13H2,1-3H3. The first kappa shape index (κ1) is 28.8. The zero-order valence-electron chi connectivity index (χ0n) is 21.6. The van der Waals surface area contributed by atoms with E-state index in [1.807, 2.05) is 6.26 Å². The maximum Gasteiger partial charge on any atom is 0.359 e. The number of halogens is 3. The number of ether oxygens (including phenoxy) is 1. The van der Waals surface area contributed by atoms with E-state index in [2.05, 4.69) is 15.1 Å². The summed E-state index contributed by atoms with van der Waals surface area (Å²) in [5.41, 5.74) is 1.34. The molecule has 1 unspecified atom stereocenters. The van der Waals surface area contributed by atoms with Gasteiger partial charge in [-0.05, 0) is 56.0 Å². The maximum atomic E-state index is 14.2. The van der Waals surface area contributed by atoms with Crippen molar-refractivity contribution >= 4 is 59.2 Å². The molecule has 0 bridgehead atoms. The van der Waals surface area contributed by atoms with Gasteiger partial charge >= 0.3 is 7.60 Å². The van der Waals surface area contributed by atoms with Crippen LogP contribution in [0.1, 0.15) is 31.0 Å². The highest BCUT2D eigenvalue weighted by Gasteiger charge is 2.41. The van der Waals surface area contributed by atoms with E-state index in [0.717, 1.165) is 0 Å². The molecule has 0 N–H and O–H groups in total. The summed E-state index contributed by atoms with van der Waals surface area (Å²) in [6.45, 7) is 3.75. The van der Waals surface area contributed by atoms with Crippen molar-refractivity contribution in [3.63, 3.8) is 0 Å². The van der Waals surface area contributed by atoms with Gasteiger partial charge in [0.2, 0.25) is 0 Å². The average molecular weight is 625 g/mol. The Hall–Kier alpha value is -2.73. The first-order valence-electron chi connectivity index (χ1n) is 12.2. The number of rotatable bonds is 11. The third kappa shape index (κ3) is 5.57. The van der Waals surface area contributed by atoms with Crippen LogP contribution >= 0.6 is 42.6 Å². The van der Waals surface area contributed by atoms with Crippen molar-refractivity contribution in [2.75, 3.05) is 19.5 Å². The molecule has 0 saturated heterocycles. The molecule has 40 heavy (non-hydrogen) atoms. The van der Waals surface area contributed by atoms with Gasteiger partial charge in [-0.3, -0.25) is 4.57 Å². The number of nitrogens with zero attached hydrogens (tertiary/aromatic N) is 6. The SMILES string of the molecule is CCOP(=O)(OCC)C(c1ccc(F)cc1)n1nc(SC)c2c1ncn1nc(COc3ccc(Cl)cc3Cl)nc21. The summed E-state index contributed by atoms with van der Waals surface area (Å²) in [6, 6.07) is 10.6. The third-order valence-corrected chi connectivity index (χ3v) is 9.36. The molecule has 15 heteroatoms. The van der Waals surface area contributed by atoms with Crippen LogP contribution in [0, 0.1) is 5.82 Å². The molecule has 5 aromatic rings. The molecule has 0 fully saturated rings. The molecule has 0 aliphatic rings. The van der Waals surface area contributed by atoms with E-state index in [0.29, 0.717) is 48.9 Å². The largest absolute Gasteiger partial charge is 0.484 e. The van der Waals surface area contributed by atoms with E-state index in [1.54, 1.807) is 32.0 Å². The highest BCUT2D eigenvalue weighted by atomic mass is 35.5. The Bertz CT molecular complexity index is 1710. The van der Waals surface area contributed by atoms with Gasteiger partial charge in [-0.25, -0.2) is 23.6 Å². The van der Waals surface area contributed by atoms with E-state index in [9.17, 15) is 8.96 Å². The topological polar surface area (TPSA) is 106 Å². The second-order valence-corrected chi connectivity index (χ2v) is 12.1. The summed E-state index contributed by atoms with van der Waals surface area (Å²) < 4.78 is 48.3. The predicted octanol–water partition coefficient (Wildman–Crippen LogP) is 7.03. The highest BCUT2D eigenvalue weighted by molar-refractivity contribution is 7.98. The molecular weight excluding hydrogens is 601 g/mol. The molecular formula is C25H24Cl2FN6O4PS. The molecule has 3 heterocycles. The van der Waals surface area contributed by atoms with Crippen LogP contribution in [0.4, 0.5) is 4.39 Å². The van der Waals surface area contributed by atoms with E-state index in [-0.39, 0.29) is 19.8 Å². The lowest BCUT2D eigenvalue weighted by Crippen LogP contribution is -2.17. The summed E-state index contributed by atoms with van der Waals surface area (Å²) in [5, 5.41) is 11.3. The summed E-state index contributed by atoms with van der Waals surface area (Å²) in [5.74, 6) is -0.651. The maximum absolute atomic E-state index is 14.2. The lowest BCUT2D eigenvalue weighted by molar-refractivity contribution is 0.207. The fourth-order valence-electron chi connectivity index (χ4n) is 4.19. The first-order valence-corrected chi connectivity index (χ1v) is 15.8. The minimum Gasteiger partial charge on any atom is -0.484 e. The van der Waals surface area contributed by atoms with Gasteiger partial charge < -0.3 is 13.8 Å². The number of fused-ring (bicyclic) bond motifs is 3. The summed E-state index contributed by atoms with van der Waals surface area (Å²) in [6.07, 6.45) is 3.34. The van der Waals surface area contributed by atoms with Crippen LogP contribution in [0.3, 0.4) is 0 Å². The lowest BCUT2D eigenvalue weighted by Gasteiger charge is -2.27. The quantitative estimate of drug-likeness (QED) is 0.113. The van der Waals surface area contributed by atoms with Gasteiger partial charge in [-0.1, -0.05) is 35.3 Å². The number of benzene rings is 2. The van der Waals surface area contributed by atoms with Gasteiger partial charge in [0, 0.05) is 5.02 Å².